The molecule has 0 fully saturated rings. The number of methoxy groups -OCH3 is 1. The lowest BCUT2D eigenvalue weighted by Crippen LogP contribution is -2.24. The van der Waals surface area contributed by atoms with E-state index in [9.17, 15) is 14.0 Å². The van der Waals surface area contributed by atoms with Crippen LogP contribution in [0.25, 0.3) is 11.8 Å². The van der Waals surface area contributed by atoms with Crippen LogP contribution in [0.3, 0.4) is 0 Å². The Balaban J connectivity index is 2.16. The van der Waals surface area contributed by atoms with Gasteiger partial charge in [-0.05, 0) is 57.5 Å². The Morgan fingerprint density at radius 2 is 1.89 bits per heavy atom. The van der Waals surface area contributed by atoms with Crippen molar-refractivity contribution in [1.29, 1.82) is 0 Å². The first-order chi connectivity index (χ1) is 13.3. The van der Waals surface area contributed by atoms with Gasteiger partial charge in [-0.25, -0.2) is 9.18 Å². The summed E-state index contributed by atoms with van der Waals surface area (Å²) in [5, 5.41) is 0. The van der Waals surface area contributed by atoms with Crippen LogP contribution in [0.15, 0.2) is 47.2 Å². The van der Waals surface area contributed by atoms with Crippen molar-refractivity contribution in [2.45, 2.75) is 27.7 Å². The lowest BCUT2D eigenvalue weighted by Gasteiger charge is -2.14. The molecule has 0 N–H and O–H groups in total. The van der Waals surface area contributed by atoms with Crippen molar-refractivity contribution in [2.75, 3.05) is 13.7 Å². The van der Waals surface area contributed by atoms with Gasteiger partial charge in [-0.3, -0.25) is 4.79 Å². The first-order valence-corrected chi connectivity index (χ1v) is 9.08. The number of ether oxygens (including phenoxy) is 1. The van der Waals surface area contributed by atoms with Gasteiger partial charge in [0.15, 0.2) is 0 Å². The van der Waals surface area contributed by atoms with Gasteiger partial charge in [0.25, 0.3) is 5.91 Å². The van der Waals surface area contributed by atoms with E-state index >= 15 is 0 Å². The van der Waals surface area contributed by atoms with Crippen LogP contribution in [0.1, 0.15) is 30.8 Å². The van der Waals surface area contributed by atoms with Crippen LogP contribution in [0, 0.1) is 19.7 Å². The molecule has 2 aromatic rings. The summed E-state index contributed by atoms with van der Waals surface area (Å²) in [7, 11) is 1.30. The number of amides is 1. The molecule has 0 unspecified atom stereocenters. The smallest absolute Gasteiger partial charge is 0.340 e. The van der Waals surface area contributed by atoms with E-state index in [1.54, 1.807) is 40.7 Å². The number of rotatable bonds is 4. The number of halogens is 1. The maximum absolute atomic E-state index is 14.3. The molecule has 0 atom stereocenters. The van der Waals surface area contributed by atoms with E-state index in [1.807, 2.05) is 26.8 Å². The van der Waals surface area contributed by atoms with Crippen molar-refractivity contribution in [1.82, 2.24) is 9.47 Å². The Labute approximate surface area is 163 Å². The number of carbonyl (C=O) groups excluding carboxylic acids is 2. The molecule has 5 nitrogen and oxygen atoms in total. The van der Waals surface area contributed by atoms with Crippen molar-refractivity contribution >= 4 is 18.0 Å². The predicted octanol–water partition coefficient (Wildman–Crippen LogP) is 3.93. The highest BCUT2D eigenvalue weighted by atomic mass is 19.1. The summed E-state index contributed by atoms with van der Waals surface area (Å²) in [6.45, 7) is 7.77. The van der Waals surface area contributed by atoms with Crippen LogP contribution in [0.2, 0.25) is 0 Å². The summed E-state index contributed by atoms with van der Waals surface area (Å²) >= 11 is 0. The zero-order valence-electron chi connectivity index (χ0n) is 16.7. The normalized spacial score (nSPS) is 15.7. The molecular weight excluding hydrogens is 359 g/mol. The summed E-state index contributed by atoms with van der Waals surface area (Å²) in [6, 6.07) is 8.41. The summed E-state index contributed by atoms with van der Waals surface area (Å²) in [5.74, 6) is -1.12. The van der Waals surface area contributed by atoms with Gasteiger partial charge in [0.05, 0.1) is 23.9 Å². The van der Waals surface area contributed by atoms with Crippen LogP contribution in [-0.2, 0) is 14.3 Å². The first kappa shape index (κ1) is 19.6. The van der Waals surface area contributed by atoms with Gasteiger partial charge >= 0.3 is 5.97 Å². The van der Waals surface area contributed by atoms with Crippen LogP contribution in [0.4, 0.5) is 4.39 Å². The van der Waals surface area contributed by atoms with E-state index in [-0.39, 0.29) is 17.3 Å². The Bertz CT molecular complexity index is 1030. The van der Waals surface area contributed by atoms with E-state index in [1.165, 1.54) is 13.2 Å². The van der Waals surface area contributed by atoms with E-state index in [0.717, 1.165) is 17.0 Å². The minimum absolute atomic E-state index is 0.240. The lowest BCUT2D eigenvalue weighted by molar-refractivity contribution is -0.136. The van der Waals surface area contributed by atoms with Crippen molar-refractivity contribution in [2.24, 2.45) is 0 Å². The number of hydrogen-bond donors (Lipinski definition) is 0. The van der Waals surface area contributed by atoms with E-state index in [2.05, 4.69) is 0 Å². The van der Waals surface area contributed by atoms with Crippen LogP contribution < -0.4 is 0 Å². The number of likely N-dealkylation sites (N-methyl/N-ethyl adjacent to an activating group) is 1. The third kappa shape index (κ3) is 3.05. The molecule has 0 radical (unpaired) electrons. The van der Waals surface area contributed by atoms with E-state index < -0.39 is 5.97 Å². The molecule has 0 aliphatic carbocycles. The van der Waals surface area contributed by atoms with Gasteiger partial charge in [0.1, 0.15) is 5.82 Å². The van der Waals surface area contributed by atoms with Crippen molar-refractivity contribution < 1.29 is 18.7 Å². The van der Waals surface area contributed by atoms with Crippen LogP contribution >= 0.6 is 0 Å². The number of para-hydroxylation sites is 1. The molecule has 28 heavy (non-hydrogen) atoms. The Morgan fingerprint density at radius 3 is 2.50 bits per heavy atom. The third-order valence-corrected chi connectivity index (χ3v) is 5.08. The Morgan fingerprint density at radius 1 is 1.21 bits per heavy atom. The molecule has 1 aromatic carbocycles. The lowest BCUT2D eigenvalue weighted by atomic mass is 10.0. The molecule has 1 aliphatic rings. The number of esters is 1. The van der Waals surface area contributed by atoms with Gasteiger partial charge in [-0.2, -0.15) is 0 Å². The van der Waals surface area contributed by atoms with Crippen molar-refractivity contribution in [3.63, 3.8) is 0 Å². The van der Waals surface area contributed by atoms with Crippen LogP contribution in [0.5, 0.6) is 0 Å². The fourth-order valence-corrected chi connectivity index (χ4v) is 3.70. The molecule has 0 saturated carbocycles. The molecule has 2 heterocycles. The number of aromatic nitrogens is 1. The number of benzene rings is 1. The number of carbonyl (C=O) groups is 2. The summed E-state index contributed by atoms with van der Waals surface area (Å²) in [4.78, 5) is 26.7. The molecule has 146 valence electrons. The standard InChI is InChI=1S/C22H23FN2O3/c1-6-24-15(4)20(22(27)28-5)17(21(24)26)12-16-11-13(2)25(14(16)3)19-10-8-7-9-18(19)23/h7-12H,6H2,1-5H3/b17-12+. The predicted molar refractivity (Wildman–Crippen MR) is 105 cm³/mol. The number of aryl methyl sites for hydroxylation is 1. The molecule has 3 rings (SSSR count). The summed E-state index contributed by atoms with van der Waals surface area (Å²) in [5.41, 5.74) is 3.93. The zero-order valence-corrected chi connectivity index (χ0v) is 16.7. The fraction of sp³-hybridized carbons (Fsp3) is 0.273. The van der Waals surface area contributed by atoms with Crippen molar-refractivity contribution in [3.8, 4) is 5.69 Å². The molecule has 1 aromatic heterocycles. The minimum Gasteiger partial charge on any atom is -0.465 e. The highest BCUT2D eigenvalue weighted by Crippen LogP contribution is 2.33. The SMILES string of the molecule is CCN1C(=O)/C(=C/c2cc(C)n(-c3ccccc3F)c2C)C(C(=O)OC)=C1C. The largest absolute Gasteiger partial charge is 0.465 e. The second-order valence-electron chi connectivity index (χ2n) is 6.67. The molecule has 0 saturated heterocycles. The summed E-state index contributed by atoms with van der Waals surface area (Å²) < 4.78 is 21.0. The van der Waals surface area contributed by atoms with Crippen molar-refractivity contribution in [3.05, 3.63) is 69.9 Å². The number of nitrogens with zero attached hydrogens (tertiary/aromatic N) is 2. The van der Waals surface area contributed by atoms with Gasteiger partial charge < -0.3 is 14.2 Å². The minimum atomic E-state index is -0.545. The Kier molecular flexibility index (Phi) is 5.23. The molecule has 1 amide bonds. The molecular formula is C22H23FN2O3. The molecule has 6 heteroatoms. The van der Waals surface area contributed by atoms with Gasteiger partial charge in [0, 0.05) is 23.6 Å². The maximum Gasteiger partial charge on any atom is 0.340 e. The van der Waals surface area contributed by atoms with Gasteiger partial charge in [-0.1, -0.05) is 12.1 Å². The molecule has 0 bridgehead atoms. The van der Waals surface area contributed by atoms with E-state index in [0.29, 0.717) is 23.5 Å². The maximum atomic E-state index is 14.3. The van der Waals surface area contributed by atoms with Crippen LogP contribution in [-0.4, -0.2) is 35.0 Å². The number of allylic oxidation sites excluding steroid dienone is 1. The highest BCUT2D eigenvalue weighted by Gasteiger charge is 2.36. The molecule has 0 spiro atoms. The average Bonchev–Trinajstić information content (AvgIpc) is 3.08. The third-order valence-electron chi connectivity index (χ3n) is 5.08. The second-order valence-corrected chi connectivity index (χ2v) is 6.67. The quantitative estimate of drug-likeness (QED) is 0.595. The monoisotopic (exact) mass is 382 g/mol. The molecule has 1 aliphatic heterocycles. The Hall–Kier alpha value is -3.15. The second kappa shape index (κ2) is 7.46. The topological polar surface area (TPSA) is 51.5 Å². The fourth-order valence-electron chi connectivity index (χ4n) is 3.70. The van der Waals surface area contributed by atoms with E-state index in [4.69, 9.17) is 4.74 Å². The summed E-state index contributed by atoms with van der Waals surface area (Å²) in [6.07, 6.45) is 1.69. The average molecular weight is 382 g/mol. The number of hydrogen-bond acceptors (Lipinski definition) is 3. The van der Waals surface area contributed by atoms with Gasteiger partial charge in [0.2, 0.25) is 0 Å². The van der Waals surface area contributed by atoms with Gasteiger partial charge in [-0.15, -0.1) is 0 Å². The first-order valence-electron chi connectivity index (χ1n) is 9.08. The zero-order chi connectivity index (χ0) is 20.6. The highest BCUT2D eigenvalue weighted by molar-refractivity contribution is 6.16.